The fourth-order valence-corrected chi connectivity index (χ4v) is 3.22. The Bertz CT molecular complexity index is 1170. The summed E-state index contributed by atoms with van der Waals surface area (Å²) < 4.78 is 22.3. The van der Waals surface area contributed by atoms with Gasteiger partial charge in [-0.3, -0.25) is 9.36 Å². The summed E-state index contributed by atoms with van der Waals surface area (Å²) in [6.07, 6.45) is 1.96. The van der Waals surface area contributed by atoms with Crippen LogP contribution in [-0.2, 0) is 16.1 Å². The molecule has 0 saturated carbocycles. The predicted octanol–water partition coefficient (Wildman–Crippen LogP) is 2.66. The zero-order chi connectivity index (χ0) is 22.0. The summed E-state index contributed by atoms with van der Waals surface area (Å²) in [5.74, 6) is -0.684. The summed E-state index contributed by atoms with van der Waals surface area (Å²) in [6, 6.07) is 4.55. The molecular weight excluding hydrogens is 391 g/mol. The second kappa shape index (κ2) is 8.64. The molecule has 0 aliphatic rings. The maximum absolute atomic E-state index is 13.4. The van der Waals surface area contributed by atoms with Gasteiger partial charge in [-0.15, -0.1) is 0 Å². The number of rotatable bonds is 7. The van der Waals surface area contributed by atoms with E-state index in [1.54, 1.807) is 13.8 Å². The molecule has 0 N–H and O–H groups in total. The van der Waals surface area contributed by atoms with E-state index in [1.165, 1.54) is 39.7 Å². The van der Waals surface area contributed by atoms with Gasteiger partial charge in [0, 0.05) is 6.54 Å². The fraction of sp³-hybridized carbons (Fsp3) is 0.429. The van der Waals surface area contributed by atoms with Crippen molar-refractivity contribution in [3.8, 4) is 5.69 Å². The Hall–Kier alpha value is -3.23. The van der Waals surface area contributed by atoms with Gasteiger partial charge in [0.25, 0.3) is 5.56 Å². The molecule has 1 aromatic carbocycles. The van der Waals surface area contributed by atoms with Crippen LogP contribution in [0.5, 0.6) is 0 Å². The van der Waals surface area contributed by atoms with Crippen LogP contribution in [0.25, 0.3) is 16.9 Å². The monoisotopic (exact) mass is 416 g/mol. The van der Waals surface area contributed by atoms with E-state index in [1.807, 2.05) is 13.8 Å². The Labute approximate surface area is 172 Å². The number of nitrogens with zero attached hydrogens (tertiary/aromatic N) is 4. The van der Waals surface area contributed by atoms with Crippen LogP contribution in [0.2, 0.25) is 0 Å². The average molecular weight is 416 g/mol. The topological polar surface area (TPSA) is 88.1 Å². The van der Waals surface area contributed by atoms with Crippen LogP contribution >= 0.6 is 0 Å². The van der Waals surface area contributed by atoms with Crippen molar-refractivity contribution >= 4 is 17.1 Å². The number of carbonyl (C=O) groups excluding carboxylic acids is 1. The molecule has 0 radical (unpaired) electrons. The number of carbonyl (C=O) groups is 1. The largest absolute Gasteiger partial charge is 0.464 e. The second-order valence-electron chi connectivity index (χ2n) is 7.49. The lowest BCUT2D eigenvalue weighted by Crippen LogP contribution is -2.40. The third kappa shape index (κ3) is 3.92. The summed E-state index contributed by atoms with van der Waals surface area (Å²) >= 11 is 0. The third-order valence-electron chi connectivity index (χ3n) is 4.92. The first-order valence-corrected chi connectivity index (χ1v) is 9.91. The first-order chi connectivity index (χ1) is 14.3. The van der Waals surface area contributed by atoms with Gasteiger partial charge in [-0.2, -0.15) is 0 Å². The van der Waals surface area contributed by atoms with Gasteiger partial charge in [0.2, 0.25) is 0 Å². The first kappa shape index (κ1) is 21.5. The van der Waals surface area contributed by atoms with Crippen molar-refractivity contribution in [2.45, 2.75) is 46.7 Å². The van der Waals surface area contributed by atoms with E-state index in [2.05, 4.69) is 4.98 Å². The maximum Gasteiger partial charge on any atom is 0.337 e. The predicted molar refractivity (Wildman–Crippen MR) is 110 cm³/mol. The van der Waals surface area contributed by atoms with Crippen molar-refractivity contribution in [1.82, 2.24) is 18.7 Å². The van der Waals surface area contributed by atoms with Crippen molar-refractivity contribution in [3.63, 3.8) is 0 Å². The summed E-state index contributed by atoms with van der Waals surface area (Å²) in [5, 5.41) is 0. The molecule has 160 valence electrons. The third-order valence-corrected chi connectivity index (χ3v) is 4.92. The summed E-state index contributed by atoms with van der Waals surface area (Å²) in [5.41, 5.74) is -0.494. The van der Waals surface area contributed by atoms with E-state index in [9.17, 15) is 18.8 Å². The molecule has 1 atom stereocenters. The number of ether oxygens (including phenoxy) is 1. The molecule has 8 nitrogen and oxygen atoms in total. The molecule has 3 aromatic rings. The van der Waals surface area contributed by atoms with Gasteiger partial charge in [0.05, 0.1) is 18.6 Å². The number of hydrogen-bond donors (Lipinski definition) is 0. The zero-order valence-corrected chi connectivity index (χ0v) is 17.5. The molecule has 30 heavy (non-hydrogen) atoms. The minimum absolute atomic E-state index is 0.105. The molecule has 0 spiro atoms. The lowest BCUT2D eigenvalue weighted by Gasteiger charge is -2.15. The SMILES string of the molecule is CCOC(=O)C(C)n1cnc2c1c(=O)n(CCC(C)C)c(=O)n2-c1ccc(F)cc1. The van der Waals surface area contributed by atoms with Crippen LogP contribution in [-0.4, -0.2) is 31.3 Å². The average Bonchev–Trinajstić information content (AvgIpc) is 3.13. The van der Waals surface area contributed by atoms with Gasteiger partial charge in [-0.1, -0.05) is 13.8 Å². The van der Waals surface area contributed by atoms with Crippen LogP contribution in [0.1, 0.15) is 40.2 Å². The minimum Gasteiger partial charge on any atom is -0.464 e. The van der Waals surface area contributed by atoms with Crippen molar-refractivity contribution in [1.29, 1.82) is 0 Å². The van der Waals surface area contributed by atoms with E-state index in [0.29, 0.717) is 12.1 Å². The Morgan fingerprint density at radius 3 is 2.43 bits per heavy atom. The summed E-state index contributed by atoms with van der Waals surface area (Å²) in [7, 11) is 0. The van der Waals surface area contributed by atoms with Crippen LogP contribution in [0.4, 0.5) is 4.39 Å². The fourth-order valence-electron chi connectivity index (χ4n) is 3.22. The number of aromatic nitrogens is 4. The van der Waals surface area contributed by atoms with Crippen LogP contribution in [0.15, 0.2) is 40.2 Å². The van der Waals surface area contributed by atoms with E-state index >= 15 is 0 Å². The molecule has 0 aliphatic heterocycles. The van der Waals surface area contributed by atoms with Gasteiger partial charge < -0.3 is 9.30 Å². The van der Waals surface area contributed by atoms with Crippen LogP contribution in [0, 0.1) is 11.7 Å². The Morgan fingerprint density at radius 1 is 1.17 bits per heavy atom. The smallest absolute Gasteiger partial charge is 0.337 e. The minimum atomic E-state index is -0.805. The molecule has 0 amide bonds. The summed E-state index contributed by atoms with van der Waals surface area (Å²) in [4.78, 5) is 43.0. The molecule has 2 aromatic heterocycles. The highest BCUT2D eigenvalue weighted by atomic mass is 19.1. The Kier molecular flexibility index (Phi) is 6.19. The standard InChI is InChI=1S/C21H25FN4O4/c1-5-30-20(28)14(4)25-12-23-18-17(25)19(27)24(11-10-13(2)3)21(29)26(18)16-8-6-15(22)7-9-16/h6-9,12-14H,5,10-11H2,1-4H3. The van der Waals surface area contributed by atoms with Crippen LogP contribution in [0.3, 0.4) is 0 Å². The van der Waals surface area contributed by atoms with E-state index < -0.39 is 29.1 Å². The van der Waals surface area contributed by atoms with Gasteiger partial charge in [0.1, 0.15) is 11.9 Å². The number of imidazole rings is 1. The van der Waals surface area contributed by atoms with Gasteiger partial charge in [0.15, 0.2) is 11.2 Å². The summed E-state index contributed by atoms with van der Waals surface area (Å²) in [6.45, 7) is 7.70. The highest BCUT2D eigenvalue weighted by molar-refractivity contribution is 5.79. The lowest BCUT2D eigenvalue weighted by molar-refractivity contribution is -0.146. The molecule has 9 heteroatoms. The van der Waals surface area contributed by atoms with E-state index in [0.717, 1.165) is 4.57 Å². The van der Waals surface area contributed by atoms with Crippen molar-refractivity contribution in [2.24, 2.45) is 5.92 Å². The van der Waals surface area contributed by atoms with Gasteiger partial charge in [-0.05, 0) is 50.5 Å². The number of benzene rings is 1. The van der Waals surface area contributed by atoms with Crippen molar-refractivity contribution in [3.05, 3.63) is 57.2 Å². The maximum atomic E-state index is 13.4. The number of esters is 1. The van der Waals surface area contributed by atoms with Crippen molar-refractivity contribution in [2.75, 3.05) is 6.61 Å². The molecule has 0 bridgehead atoms. The molecule has 0 fully saturated rings. The highest BCUT2D eigenvalue weighted by Crippen LogP contribution is 2.18. The molecule has 2 heterocycles. The van der Waals surface area contributed by atoms with E-state index in [4.69, 9.17) is 4.74 Å². The number of halogens is 1. The lowest BCUT2D eigenvalue weighted by atomic mass is 10.1. The van der Waals surface area contributed by atoms with Crippen LogP contribution < -0.4 is 11.2 Å². The molecule has 0 aliphatic carbocycles. The molecular formula is C21H25FN4O4. The van der Waals surface area contributed by atoms with Gasteiger partial charge in [-0.25, -0.2) is 23.5 Å². The number of hydrogen-bond acceptors (Lipinski definition) is 5. The Morgan fingerprint density at radius 2 is 1.83 bits per heavy atom. The van der Waals surface area contributed by atoms with E-state index in [-0.39, 0.29) is 30.2 Å². The van der Waals surface area contributed by atoms with Crippen molar-refractivity contribution < 1.29 is 13.9 Å². The zero-order valence-electron chi connectivity index (χ0n) is 17.5. The molecule has 1 unspecified atom stereocenters. The Balaban J connectivity index is 2.31. The second-order valence-corrected chi connectivity index (χ2v) is 7.49. The first-order valence-electron chi connectivity index (χ1n) is 9.91. The number of fused-ring (bicyclic) bond motifs is 1. The molecule has 3 rings (SSSR count). The quantitative estimate of drug-likeness (QED) is 0.553. The normalized spacial score (nSPS) is 12.5. The highest BCUT2D eigenvalue weighted by Gasteiger charge is 2.24. The molecule has 0 saturated heterocycles. The van der Waals surface area contributed by atoms with Gasteiger partial charge >= 0.3 is 11.7 Å².